The van der Waals surface area contributed by atoms with Crippen LogP contribution in [0.1, 0.15) is 20.8 Å². The Hall–Kier alpha value is -1.07. The van der Waals surface area contributed by atoms with Gasteiger partial charge in [-0.05, 0) is 32.8 Å². The predicted molar refractivity (Wildman–Crippen MR) is 43.9 cm³/mol. The van der Waals surface area contributed by atoms with Gasteiger partial charge in [0.2, 0.25) is 5.78 Å². The predicted octanol–water partition coefficient (Wildman–Crippen LogP) is 0.906. The molecule has 0 atom stereocenters. The molecular formula is C9H12O2. The molecule has 11 heavy (non-hydrogen) atoms. The number of aliphatic hydroxyl groups is 1. The third-order valence-electron chi connectivity index (χ3n) is 0.810. The number of hydrogen-bond acceptors (Lipinski definition) is 2. The molecule has 0 aromatic rings. The van der Waals surface area contributed by atoms with Gasteiger partial charge in [-0.15, -0.1) is 0 Å². The minimum atomic E-state index is -1.09. The molecule has 0 spiro atoms. The van der Waals surface area contributed by atoms with E-state index >= 15 is 0 Å². The Balaban J connectivity index is 4.20. The summed E-state index contributed by atoms with van der Waals surface area (Å²) < 4.78 is 0. The molecule has 0 saturated heterocycles. The quantitative estimate of drug-likeness (QED) is 0.344. The summed E-state index contributed by atoms with van der Waals surface area (Å²) in [7, 11) is 0. The molecular weight excluding hydrogens is 140 g/mol. The number of hydrogen-bond donors (Lipinski definition) is 1. The van der Waals surface area contributed by atoms with Crippen LogP contribution in [0.5, 0.6) is 0 Å². The molecule has 2 heteroatoms. The van der Waals surface area contributed by atoms with Gasteiger partial charge >= 0.3 is 0 Å². The van der Waals surface area contributed by atoms with Crippen LogP contribution in [0.4, 0.5) is 0 Å². The van der Waals surface area contributed by atoms with Crippen molar-refractivity contribution in [2.24, 2.45) is 0 Å². The molecule has 0 aromatic carbocycles. The molecule has 0 aliphatic rings. The molecule has 0 saturated carbocycles. The van der Waals surface area contributed by atoms with Crippen molar-refractivity contribution in [3.05, 3.63) is 12.2 Å². The van der Waals surface area contributed by atoms with Crippen molar-refractivity contribution in [1.29, 1.82) is 0 Å². The van der Waals surface area contributed by atoms with E-state index in [2.05, 4.69) is 11.8 Å². The molecule has 0 rings (SSSR count). The van der Waals surface area contributed by atoms with E-state index in [-0.39, 0.29) is 5.78 Å². The van der Waals surface area contributed by atoms with Crippen LogP contribution >= 0.6 is 0 Å². The minimum Gasteiger partial charge on any atom is -0.378 e. The number of ketones is 1. The molecule has 0 bridgehead atoms. The highest BCUT2D eigenvalue weighted by molar-refractivity contribution is 6.04. The molecule has 0 heterocycles. The average Bonchev–Trinajstić information content (AvgIpc) is 1.83. The van der Waals surface area contributed by atoms with E-state index in [0.717, 1.165) is 0 Å². The van der Waals surface area contributed by atoms with Gasteiger partial charge in [0.05, 0.1) is 0 Å². The first-order valence-electron chi connectivity index (χ1n) is 3.38. The fourth-order valence-electron chi connectivity index (χ4n) is 0.408. The zero-order chi connectivity index (χ0) is 8.91. The smallest absolute Gasteiger partial charge is 0.228 e. The van der Waals surface area contributed by atoms with Gasteiger partial charge in [-0.2, -0.15) is 0 Å². The fraction of sp³-hybridized carbons (Fsp3) is 0.444. The van der Waals surface area contributed by atoms with Gasteiger partial charge in [0, 0.05) is 0 Å². The van der Waals surface area contributed by atoms with Gasteiger partial charge in [0.15, 0.2) is 0 Å². The first kappa shape index (κ1) is 9.93. The fourth-order valence-corrected chi connectivity index (χ4v) is 0.408. The third-order valence-corrected chi connectivity index (χ3v) is 0.810. The van der Waals surface area contributed by atoms with Crippen molar-refractivity contribution in [3.8, 4) is 11.8 Å². The molecule has 0 aliphatic carbocycles. The third kappa shape index (κ3) is 6.82. The Kier molecular flexibility index (Phi) is 3.56. The largest absolute Gasteiger partial charge is 0.378 e. The number of carbonyl (C=O) groups is 1. The van der Waals surface area contributed by atoms with Crippen molar-refractivity contribution in [1.82, 2.24) is 0 Å². The summed E-state index contributed by atoms with van der Waals surface area (Å²) in [5, 5.41) is 9.08. The van der Waals surface area contributed by atoms with Gasteiger partial charge in [-0.25, -0.2) is 0 Å². The monoisotopic (exact) mass is 152 g/mol. The first-order valence-corrected chi connectivity index (χ1v) is 3.38. The van der Waals surface area contributed by atoms with E-state index in [4.69, 9.17) is 5.11 Å². The lowest BCUT2D eigenvalue weighted by molar-refractivity contribution is -0.109. The zero-order valence-electron chi connectivity index (χ0n) is 7.01. The highest BCUT2D eigenvalue weighted by Gasteiger charge is 2.05. The van der Waals surface area contributed by atoms with Crippen molar-refractivity contribution in [3.63, 3.8) is 0 Å². The number of carbonyl (C=O) groups excluding carboxylic acids is 1. The zero-order valence-corrected chi connectivity index (χ0v) is 7.01. The maximum Gasteiger partial charge on any atom is 0.228 e. The molecule has 0 aliphatic heterocycles. The van der Waals surface area contributed by atoms with E-state index < -0.39 is 5.60 Å². The van der Waals surface area contributed by atoms with Crippen LogP contribution < -0.4 is 0 Å². The minimum absolute atomic E-state index is 0.283. The Morgan fingerprint density at radius 2 is 2.09 bits per heavy atom. The molecule has 0 fully saturated rings. The maximum absolute atomic E-state index is 10.7. The van der Waals surface area contributed by atoms with Crippen LogP contribution in [0.25, 0.3) is 0 Å². The summed E-state index contributed by atoms with van der Waals surface area (Å²) in [6.45, 7) is 4.80. The van der Waals surface area contributed by atoms with Crippen molar-refractivity contribution >= 4 is 5.78 Å². The van der Waals surface area contributed by atoms with Crippen LogP contribution in [0, 0.1) is 11.8 Å². The molecule has 2 nitrogen and oxygen atoms in total. The lowest BCUT2D eigenvalue weighted by Crippen LogP contribution is -2.15. The van der Waals surface area contributed by atoms with Crippen LogP contribution in [0.3, 0.4) is 0 Å². The van der Waals surface area contributed by atoms with Gasteiger partial charge in [-0.3, -0.25) is 4.79 Å². The summed E-state index contributed by atoms with van der Waals surface area (Å²) in [6.07, 6.45) is 2.97. The SMILES string of the molecule is C/C=C/C(=O)C#CC(C)(C)O. The van der Waals surface area contributed by atoms with Crippen molar-refractivity contribution in [2.75, 3.05) is 0 Å². The Labute approximate surface area is 66.9 Å². The lowest BCUT2D eigenvalue weighted by Gasteiger charge is -2.04. The second kappa shape index (κ2) is 3.95. The van der Waals surface area contributed by atoms with Crippen LogP contribution in [-0.2, 0) is 4.79 Å². The standard InChI is InChI=1S/C9H12O2/c1-4-5-8(10)6-7-9(2,3)11/h4-5,11H,1-3H3/b5-4+. The summed E-state index contributed by atoms with van der Waals surface area (Å²) in [5.74, 6) is 4.43. The normalized spacial score (nSPS) is 10.9. The number of rotatable bonds is 1. The van der Waals surface area contributed by atoms with E-state index in [1.807, 2.05) is 0 Å². The lowest BCUT2D eigenvalue weighted by atomic mass is 10.1. The molecule has 60 valence electrons. The van der Waals surface area contributed by atoms with E-state index in [1.54, 1.807) is 13.0 Å². The summed E-state index contributed by atoms with van der Waals surface area (Å²) in [6, 6.07) is 0. The van der Waals surface area contributed by atoms with E-state index in [9.17, 15) is 4.79 Å². The van der Waals surface area contributed by atoms with Crippen molar-refractivity contribution in [2.45, 2.75) is 26.4 Å². The Morgan fingerprint density at radius 3 is 2.45 bits per heavy atom. The van der Waals surface area contributed by atoms with Gasteiger partial charge in [-0.1, -0.05) is 12.0 Å². The molecule has 1 N–H and O–H groups in total. The van der Waals surface area contributed by atoms with E-state index in [1.165, 1.54) is 19.9 Å². The summed E-state index contributed by atoms with van der Waals surface area (Å²) in [4.78, 5) is 10.7. The highest BCUT2D eigenvalue weighted by Crippen LogP contribution is 1.95. The maximum atomic E-state index is 10.7. The van der Waals surface area contributed by atoms with Crippen molar-refractivity contribution < 1.29 is 9.90 Å². The number of allylic oxidation sites excluding steroid dienone is 2. The summed E-state index contributed by atoms with van der Waals surface area (Å²) in [5.41, 5.74) is -1.09. The van der Waals surface area contributed by atoms with Crippen LogP contribution in [0.2, 0.25) is 0 Å². The Bertz CT molecular complexity index is 220. The van der Waals surface area contributed by atoms with Gasteiger partial charge < -0.3 is 5.11 Å². The topological polar surface area (TPSA) is 37.3 Å². The molecule has 0 unspecified atom stereocenters. The average molecular weight is 152 g/mol. The van der Waals surface area contributed by atoms with Gasteiger partial charge in [0.25, 0.3) is 0 Å². The highest BCUT2D eigenvalue weighted by atomic mass is 16.3. The Morgan fingerprint density at radius 1 is 1.55 bits per heavy atom. The summed E-state index contributed by atoms with van der Waals surface area (Å²) >= 11 is 0. The molecule has 0 radical (unpaired) electrons. The van der Waals surface area contributed by atoms with Gasteiger partial charge in [0.1, 0.15) is 5.60 Å². The first-order chi connectivity index (χ1) is 4.95. The van der Waals surface area contributed by atoms with Crippen LogP contribution in [0.15, 0.2) is 12.2 Å². The second-order valence-electron chi connectivity index (χ2n) is 2.67. The molecule has 0 amide bonds. The second-order valence-corrected chi connectivity index (χ2v) is 2.67. The molecule has 0 aromatic heterocycles. The van der Waals surface area contributed by atoms with Crippen LogP contribution in [-0.4, -0.2) is 16.5 Å². The van der Waals surface area contributed by atoms with E-state index in [0.29, 0.717) is 0 Å².